The van der Waals surface area contributed by atoms with Crippen molar-refractivity contribution in [2.75, 3.05) is 20.2 Å². The first-order chi connectivity index (χ1) is 8.96. The molecule has 0 radical (unpaired) electrons. The molecule has 2 atom stereocenters. The van der Waals surface area contributed by atoms with Crippen LogP contribution in [0.1, 0.15) is 32.1 Å². The number of rotatable bonds is 3. The van der Waals surface area contributed by atoms with Gasteiger partial charge in [0, 0.05) is 13.1 Å². The molecule has 1 saturated carbocycles. The minimum absolute atomic E-state index is 0.341. The standard InChI is InChI=1S/C12H21NO5S/c1-18-12(15)10-3-2-4-11(10)19(16,17)13-7-5-9(14)6-8-13/h9-11,14H,2-8H2,1H3. The molecule has 6 nitrogen and oxygen atoms in total. The van der Waals surface area contributed by atoms with Gasteiger partial charge in [-0.15, -0.1) is 0 Å². The van der Waals surface area contributed by atoms with Crippen LogP contribution in [0.25, 0.3) is 0 Å². The van der Waals surface area contributed by atoms with Gasteiger partial charge in [-0.25, -0.2) is 12.7 Å². The second-order valence-electron chi connectivity index (χ2n) is 5.27. The van der Waals surface area contributed by atoms with Crippen molar-refractivity contribution < 1.29 is 23.1 Å². The van der Waals surface area contributed by atoms with Gasteiger partial charge in [-0.1, -0.05) is 6.42 Å². The molecule has 0 bridgehead atoms. The molecule has 0 spiro atoms. The molecule has 2 rings (SSSR count). The van der Waals surface area contributed by atoms with Crippen molar-refractivity contribution in [3.8, 4) is 0 Å². The van der Waals surface area contributed by atoms with E-state index in [4.69, 9.17) is 4.74 Å². The Kier molecular flexibility index (Phi) is 4.47. The normalized spacial score (nSPS) is 30.4. The van der Waals surface area contributed by atoms with E-state index in [1.54, 1.807) is 0 Å². The fraction of sp³-hybridized carbons (Fsp3) is 0.917. The maximum Gasteiger partial charge on any atom is 0.310 e. The molecule has 2 fully saturated rings. The SMILES string of the molecule is COC(=O)C1CCCC1S(=O)(=O)N1CCC(O)CC1. The van der Waals surface area contributed by atoms with Crippen molar-refractivity contribution in [2.45, 2.75) is 43.5 Å². The lowest BCUT2D eigenvalue weighted by Gasteiger charge is -2.32. The number of aliphatic hydroxyl groups is 1. The molecule has 0 amide bonds. The Hall–Kier alpha value is -0.660. The Morgan fingerprint density at radius 2 is 1.84 bits per heavy atom. The minimum Gasteiger partial charge on any atom is -0.469 e. The van der Waals surface area contributed by atoms with Gasteiger partial charge in [0.15, 0.2) is 0 Å². The number of piperidine rings is 1. The molecule has 110 valence electrons. The second-order valence-corrected chi connectivity index (χ2v) is 7.43. The summed E-state index contributed by atoms with van der Waals surface area (Å²) < 4.78 is 31.2. The van der Waals surface area contributed by atoms with Crippen LogP contribution in [0.4, 0.5) is 0 Å². The van der Waals surface area contributed by atoms with Gasteiger partial charge in [-0.2, -0.15) is 0 Å². The Labute approximate surface area is 113 Å². The molecule has 0 aromatic heterocycles. The van der Waals surface area contributed by atoms with Crippen molar-refractivity contribution in [1.29, 1.82) is 0 Å². The predicted molar refractivity (Wildman–Crippen MR) is 68.9 cm³/mol. The number of carbonyl (C=O) groups excluding carboxylic acids is 1. The van der Waals surface area contributed by atoms with E-state index < -0.39 is 33.3 Å². The van der Waals surface area contributed by atoms with Crippen molar-refractivity contribution in [2.24, 2.45) is 5.92 Å². The molecule has 19 heavy (non-hydrogen) atoms. The monoisotopic (exact) mass is 291 g/mol. The minimum atomic E-state index is -3.47. The number of nitrogens with zero attached hydrogens (tertiary/aromatic N) is 1. The summed E-state index contributed by atoms with van der Waals surface area (Å²) in [5.41, 5.74) is 0. The van der Waals surface area contributed by atoms with Gasteiger partial charge in [0.2, 0.25) is 10.0 Å². The molecule has 2 unspecified atom stereocenters. The van der Waals surface area contributed by atoms with Crippen LogP contribution in [-0.4, -0.2) is 55.4 Å². The molecule has 0 aromatic rings. The van der Waals surface area contributed by atoms with Crippen molar-refractivity contribution in [3.05, 3.63) is 0 Å². The lowest BCUT2D eigenvalue weighted by molar-refractivity contribution is -0.145. The van der Waals surface area contributed by atoms with E-state index in [9.17, 15) is 18.3 Å². The summed E-state index contributed by atoms with van der Waals surface area (Å²) in [4.78, 5) is 11.7. The highest BCUT2D eigenvalue weighted by Crippen LogP contribution is 2.34. The summed E-state index contributed by atoms with van der Waals surface area (Å²) in [6, 6.07) is 0. The quantitative estimate of drug-likeness (QED) is 0.746. The highest BCUT2D eigenvalue weighted by Gasteiger charge is 2.45. The molecule has 7 heteroatoms. The number of ether oxygens (including phenoxy) is 1. The number of hydrogen-bond donors (Lipinski definition) is 1. The first-order valence-corrected chi connectivity index (χ1v) is 8.22. The third-order valence-corrected chi connectivity index (χ3v) is 6.54. The average molecular weight is 291 g/mol. The molecule has 0 aromatic carbocycles. The lowest BCUT2D eigenvalue weighted by atomic mass is 10.1. The van der Waals surface area contributed by atoms with Gasteiger partial charge in [0.1, 0.15) is 0 Å². The Morgan fingerprint density at radius 3 is 2.42 bits per heavy atom. The van der Waals surface area contributed by atoms with Crippen LogP contribution in [0.2, 0.25) is 0 Å². The third kappa shape index (κ3) is 2.93. The van der Waals surface area contributed by atoms with E-state index in [2.05, 4.69) is 0 Å². The Bertz CT molecular complexity index is 427. The molecule has 1 aliphatic carbocycles. The van der Waals surface area contributed by atoms with Crippen molar-refractivity contribution >= 4 is 16.0 Å². The average Bonchev–Trinajstić information content (AvgIpc) is 2.88. The fourth-order valence-corrected chi connectivity index (χ4v) is 5.22. The van der Waals surface area contributed by atoms with E-state index >= 15 is 0 Å². The summed E-state index contributed by atoms with van der Waals surface area (Å²) >= 11 is 0. The summed E-state index contributed by atoms with van der Waals surface area (Å²) in [5.74, 6) is -0.968. The van der Waals surface area contributed by atoms with Gasteiger partial charge >= 0.3 is 5.97 Å². The van der Waals surface area contributed by atoms with E-state index in [1.165, 1.54) is 11.4 Å². The predicted octanol–water partition coefficient (Wildman–Crippen LogP) is 0.115. The van der Waals surface area contributed by atoms with Crippen LogP contribution >= 0.6 is 0 Å². The zero-order valence-electron chi connectivity index (χ0n) is 11.1. The molecule has 1 heterocycles. The van der Waals surface area contributed by atoms with E-state index in [0.29, 0.717) is 38.8 Å². The number of carbonyl (C=O) groups is 1. The zero-order chi connectivity index (χ0) is 14.0. The number of esters is 1. The number of hydrogen-bond acceptors (Lipinski definition) is 5. The van der Waals surface area contributed by atoms with Gasteiger partial charge in [0.25, 0.3) is 0 Å². The highest BCUT2D eigenvalue weighted by atomic mass is 32.2. The van der Waals surface area contributed by atoms with E-state index in [0.717, 1.165) is 6.42 Å². The summed E-state index contributed by atoms with van der Waals surface area (Å²) in [7, 11) is -2.17. The summed E-state index contributed by atoms with van der Waals surface area (Å²) in [5, 5.41) is 8.78. The molecular formula is C12H21NO5S. The van der Waals surface area contributed by atoms with Gasteiger partial charge in [-0.3, -0.25) is 4.79 Å². The number of aliphatic hydroxyl groups excluding tert-OH is 1. The lowest BCUT2D eigenvalue weighted by Crippen LogP contribution is -2.46. The third-order valence-electron chi connectivity index (χ3n) is 4.12. The van der Waals surface area contributed by atoms with Gasteiger partial charge < -0.3 is 9.84 Å². The smallest absolute Gasteiger partial charge is 0.310 e. The van der Waals surface area contributed by atoms with Crippen LogP contribution in [-0.2, 0) is 19.6 Å². The van der Waals surface area contributed by atoms with Crippen LogP contribution in [0.5, 0.6) is 0 Å². The first kappa shape index (κ1) is 14.7. The van der Waals surface area contributed by atoms with Crippen LogP contribution in [0.15, 0.2) is 0 Å². The first-order valence-electron chi connectivity index (χ1n) is 6.71. The van der Waals surface area contributed by atoms with Gasteiger partial charge in [0.05, 0.1) is 24.4 Å². The van der Waals surface area contributed by atoms with E-state index in [-0.39, 0.29) is 0 Å². The zero-order valence-corrected chi connectivity index (χ0v) is 11.9. The van der Waals surface area contributed by atoms with Crippen molar-refractivity contribution in [1.82, 2.24) is 4.31 Å². The maximum atomic E-state index is 12.6. The van der Waals surface area contributed by atoms with Crippen molar-refractivity contribution in [3.63, 3.8) is 0 Å². The van der Waals surface area contributed by atoms with E-state index in [1.807, 2.05) is 0 Å². The highest BCUT2D eigenvalue weighted by molar-refractivity contribution is 7.89. The topological polar surface area (TPSA) is 83.9 Å². The van der Waals surface area contributed by atoms with Gasteiger partial charge in [-0.05, 0) is 25.7 Å². The molecular weight excluding hydrogens is 270 g/mol. The Morgan fingerprint density at radius 1 is 1.21 bits per heavy atom. The molecule has 1 aliphatic heterocycles. The number of sulfonamides is 1. The second kappa shape index (κ2) is 5.76. The van der Waals surface area contributed by atoms with Crippen LogP contribution < -0.4 is 0 Å². The fourth-order valence-electron chi connectivity index (χ4n) is 2.99. The summed E-state index contributed by atoms with van der Waals surface area (Å²) in [6.07, 6.45) is 2.35. The molecule has 2 aliphatic rings. The molecule has 1 N–H and O–H groups in total. The van der Waals surface area contributed by atoms with Crippen LogP contribution in [0, 0.1) is 5.92 Å². The maximum absolute atomic E-state index is 12.6. The number of methoxy groups -OCH3 is 1. The largest absolute Gasteiger partial charge is 0.469 e. The molecule has 1 saturated heterocycles. The van der Waals surface area contributed by atoms with Crippen LogP contribution in [0.3, 0.4) is 0 Å². The summed E-state index contributed by atoms with van der Waals surface area (Å²) in [6.45, 7) is 0.682. The Balaban J connectivity index is 2.12.